The summed E-state index contributed by atoms with van der Waals surface area (Å²) in [5.41, 5.74) is 2.99. The minimum absolute atomic E-state index is 0.465. The van der Waals surface area contributed by atoms with Crippen molar-refractivity contribution in [1.29, 1.82) is 0 Å². The van der Waals surface area contributed by atoms with Crippen molar-refractivity contribution in [3.63, 3.8) is 0 Å². The summed E-state index contributed by atoms with van der Waals surface area (Å²) in [6, 6.07) is 19.6. The molecular formula is C18H14N6. The van der Waals surface area contributed by atoms with E-state index in [1.807, 2.05) is 60.7 Å². The summed E-state index contributed by atoms with van der Waals surface area (Å²) in [4.78, 5) is 17.6. The highest BCUT2D eigenvalue weighted by Crippen LogP contribution is 2.23. The van der Waals surface area contributed by atoms with E-state index in [9.17, 15) is 0 Å². The minimum Gasteiger partial charge on any atom is -0.338 e. The molecule has 2 aromatic heterocycles. The molecule has 0 fully saturated rings. The lowest BCUT2D eigenvalue weighted by atomic mass is 10.3. The van der Waals surface area contributed by atoms with E-state index in [-0.39, 0.29) is 0 Å². The van der Waals surface area contributed by atoms with E-state index in [0.717, 1.165) is 11.4 Å². The van der Waals surface area contributed by atoms with Gasteiger partial charge in [-0.3, -0.25) is 0 Å². The first-order chi connectivity index (χ1) is 11.9. The van der Waals surface area contributed by atoms with Crippen LogP contribution in [-0.2, 0) is 0 Å². The van der Waals surface area contributed by atoms with Gasteiger partial charge in [-0.1, -0.05) is 36.4 Å². The molecule has 0 aliphatic rings. The van der Waals surface area contributed by atoms with Crippen LogP contribution in [0.2, 0.25) is 0 Å². The maximum Gasteiger partial charge on any atom is 0.231 e. The van der Waals surface area contributed by atoms with Gasteiger partial charge in [-0.2, -0.15) is 9.97 Å². The van der Waals surface area contributed by atoms with E-state index in [1.54, 1.807) is 12.4 Å². The Kier molecular flexibility index (Phi) is 3.69. The quantitative estimate of drug-likeness (QED) is 0.595. The Morgan fingerprint density at radius 1 is 0.625 bits per heavy atom. The predicted molar refractivity (Wildman–Crippen MR) is 94.6 cm³/mol. The van der Waals surface area contributed by atoms with E-state index < -0.39 is 0 Å². The van der Waals surface area contributed by atoms with Gasteiger partial charge in [-0.25, -0.2) is 9.97 Å². The monoisotopic (exact) mass is 314 g/mol. The smallest absolute Gasteiger partial charge is 0.231 e. The van der Waals surface area contributed by atoms with Gasteiger partial charge in [0.1, 0.15) is 0 Å². The Balaban J connectivity index is 1.76. The van der Waals surface area contributed by atoms with Gasteiger partial charge < -0.3 is 10.6 Å². The second-order valence-electron chi connectivity index (χ2n) is 5.11. The molecule has 2 aromatic carbocycles. The number of benzene rings is 2. The van der Waals surface area contributed by atoms with Gasteiger partial charge in [-0.05, 0) is 24.3 Å². The molecule has 0 amide bonds. The molecule has 0 atom stereocenters. The normalized spacial score (nSPS) is 10.5. The molecule has 0 saturated heterocycles. The summed E-state index contributed by atoms with van der Waals surface area (Å²) in [6.45, 7) is 0. The molecule has 0 unspecified atom stereocenters. The molecular weight excluding hydrogens is 300 g/mol. The van der Waals surface area contributed by atoms with E-state index in [1.165, 1.54) is 0 Å². The standard InChI is InChI=1S/C18H14N6/c1-3-7-13(8-4-1)21-17-15-16(20-12-11-19-15)23-18(24-17)22-14-9-5-2-6-10-14/h1-12H,(H2,20,21,22,23,24). The average molecular weight is 314 g/mol. The van der Waals surface area contributed by atoms with Crippen molar-refractivity contribution in [2.24, 2.45) is 0 Å². The number of hydrogen-bond acceptors (Lipinski definition) is 6. The lowest BCUT2D eigenvalue weighted by molar-refractivity contribution is 1.15. The van der Waals surface area contributed by atoms with Crippen molar-refractivity contribution in [3.8, 4) is 0 Å². The van der Waals surface area contributed by atoms with Crippen LogP contribution in [0.1, 0.15) is 0 Å². The maximum atomic E-state index is 4.56. The highest BCUT2D eigenvalue weighted by atomic mass is 15.2. The molecule has 6 nitrogen and oxygen atoms in total. The SMILES string of the molecule is c1ccc(Nc2nc(Nc3ccccc3)c3nccnc3n2)cc1. The number of fused-ring (bicyclic) bond motifs is 1. The largest absolute Gasteiger partial charge is 0.338 e. The van der Waals surface area contributed by atoms with Crippen LogP contribution in [0.25, 0.3) is 11.2 Å². The lowest BCUT2D eigenvalue weighted by Crippen LogP contribution is -2.04. The zero-order valence-electron chi connectivity index (χ0n) is 12.7. The highest BCUT2D eigenvalue weighted by molar-refractivity contribution is 5.85. The zero-order valence-corrected chi connectivity index (χ0v) is 12.7. The fourth-order valence-corrected chi connectivity index (χ4v) is 2.32. The van der Waals surface area contributed by atoms with Gasteiger partial charge in [0.15, 0.2) is 17.0 Å². The van der Waals surface area contributed by atoms with Crippen molar-refractivity contribution >= 4 is 34.3 Å². The van der Waals surface area contributed by atoms with Crippen LogP contribution in [0.3, 0.4) is 0 Å². The van der Waals surface area contributed by atoms with E-state index in [0.29, 0.717) is 22.9 Å². The lowest BCUT2D eigenvalue weighted by Gasteiger charge is -2.10. The molecule has 4 rings (SSSR count). The highest BCUT2D eigenvalue weighted by Gasteiger charge is 2.10. The zero-order chi connectivity index (χ0) is 16.2. The third-order valence-corrected chi connectivity index (χ3v) is 3.40. The molecule has 0 radical (unpaired) electrons. The van der Waals surface area contributed by atoms with Gasteiger partial charge >= 0.3 is 0 Å². The van der Waals surface area contributed by atoms with Crippen molar-refractivity contribution in [2.75, 3.05) is 10.6 Å². The Hall–Kier alpha value is -3.54. The van der Waals surface area contributed by atoms with Crippen molar-refractivity contribution in [1.82, 2.24) is 19.9 Å². The molecule has 116 valence electrons. The first-order valence-corrected chi connectivity index (χ1v) is 7.51. The third-order valence-electron chi connectivity index (χ3n) is 3.40. The van der Waals surface area contributed by atoms with E-state index >= 15 is 0 Å². The molecule has 0 spiro atoms. The number of para-hydroxylation sites is 2. The molecule has 2 N–H and O–H groups in total. The van der Waals surface area contributed by atoms with E-state index in [2.05, 4.69) is 30.6 Å². The maximum absolute atomic E-state index is 4.56. The first kappa shape index (κ1) is 14.1. The molecule has 4 aromatic rings. The summed E-state index contributed by atoms with van der Waals surface area (Å²) < 4.78 is 0. The van der Waals surface area contributed by atoms with Crippen LogP contribution in [0.4, 0.5) is 23.1 Å². The van der Waals surface area contributed by atoms with Gasteiger partial charge in [-0.15, -0.1) is 0 Å². The fraction of sp³-hybridized carbons (Fsp3) is 0. The van der Waals surface area contributed by atoms with Crippen LogP contribution in [0.5, 0.6) is 0 Å². The minimum atomic E-state index is 0.465. The predicted octanol–water partition coefficient (Wildman–Crippen LogP) is 3.91. The Bertz CT molecular complexity index is 957. The molecule has 0 aliphatic carbocycles. The van der Waals surface area contributed by atoms with Crippen LogP contribution in [-0.4, -0.2) is 19.9 Å². The number of nitrogens with zero attached hydrogens (tertiary/aromatic N) is 4. The molecule has 2 heterocycles. The number of nitrogens with one attached hydrogen (secondary N) is 2. The Morgan fingerprint density at radius 2 is 1.25 bits per heavy atom. The van der Waals surface area contributed by atoms with E-state index in [4.69, 9.17) is 0 Å². The van der Waals surface area contributed by atoms with Gasteiger partial charge in [0, 0.05) is 23.8 Å². The first-order valence-electron chi connectivity index (χ1n) is 7.51. The molecule has 0 saturated carbocycles. The van der Waals surface area contributed by atoms with Gasteiger partial charge in [0.05, 0.1) is 0 Å². The topological polar surface area (TPSA) is 75.6 Å². The number of anilines is 4. The molecule has 24 heavy (non-hydrogen) atoms. The van der Waals surface area contributed by atoms with Crippen LogP contribution in [0.15, 0.2) is 73.1 Å². The summed E-state index contributed by atoms with van der Waals surface area (Å²) in [7, 11) is 0. The molecule has 0 aliphatic heterocycles. The van der Waals surface area contributed by atoms with Crippen LogP contribution < -0.4 is 10.6 Å². The molecule has 6 heteroatoms. The summed E-state index contributed by atoms with van der Waals surface area (Å²) in [5, 5.41) is 6.47. The number of hydrogen-bond donors (Lipinski definition) is 2. The Morgan fingerprint density at radius 3 is 1.96 bits per heavy atom. The van der Waals surface area contributed by atoms with Crippen LogP contribution in [0, 0.1) is 0 Å². The second-order valence-corrected chi connectivity index (χ2v) is 5.11. The van der Waals surface area contributed by atoms with Gasteiger partial charge in [0.25, 0.3) is 0 Å². The molecule has 0 bridgehead atoms. The van der Waals surface area contributed by atoms with Crippen LogP contribution >= 0.6 is 0 Å². The van der Waals surface area contributed by atoms with Gasteiger partial charge in [0.2, 0.25) is 5.95 Å². The van der Waals surface area contributed by atoms with Crippen molar-refractivity contribution in [2.45, 2.75) is 0 Å². The summed E-state index contributed by atoms with van der Waals surface area (Å²) >= 11 is 0. The summed E-state index contributed by atoms with van der Waals surface area (Å²) in [5.74, 6) is 1.07. The van der Waals surface area contributed by atoms with Crippen molar-refractivity contribution in [3.05, 3.63) is 73.1 Å². The van der Waals surface area contributed by atoms with Crippen molar-refractivity contribution < 1.29 is 0 Å². The average Bonchev–Trinajstić information content (AvgIpc) is 2.63. The number of aromatic nitrogens is 4. The number of rotatable bonds is 4. The third kappa shape index (κ3) is 2.98. The summed E-state index contributed by atoms with van der Waals surface area (Å²) in [6.07, 6.45) is 3.25. The second kappa shape index (κ2) is 6.29. The fourth-order valence-electron chi connectivity index (χ4n) is 2.32. The Labute approximate surface area is 138 Å².